The van der Waals surface area contributed by atoms with Gasteiger partial charge in [0.15, 0.2) is 11.6 Å². The van der Waals surface area contributed by atoms with Gasteiger partial charge < -0.3 is 10.5 Å². The van der Waals surface area contributed by atoms with Crippen LogP contribution in [0, 0.1) is 5.82 Å². The molecule has 0 spiro atoms. The first-order valence-electron chi connectivity index (χ1n) is 6.18. The number of ether oxygens (including phenoxy) is 1. The molecule has 6 heteroatoms. The Morgan fingerprint density at radius 3 is 2.33 bits per heavy atom. The molecule has 2 rings (SSSR count). The Labute approximate surface area is 119 Å². The number of hydrogen-bond donors (Lipinski definition) is 1. The van der Waals surface area contributed by atoms with E-state index in [4.69, 9.17) is 10.5 Å². The maximum absolute atomic E-state index is 13.9. The fraction of sp³-hybridized carbons (Fsp3) is 0.200. The Morgan fingerprint density at radius 2 is 1.71 bits per heavy atom. The summed E-state index contributed by atoms with van der Waals surface area (Å²) in [5, 5.41) is 0. The van der Waals surface area contributed by atoms with Crippen LogP contribution in [0.3, 0.4) is 0 Å². The predicted molar refractivity (Wildman–Crippen MR) is 70.5 cm³/mol. The maximum Gasteiger partial charge on any atom is 0.419 e. The van der Waals surface area contributed by atoms with E-state index in [-0.39, 0.29) is 5.75 Å². The van der Waals surface area contributed by atoms with Crippen LogP contribution in [0.1, 0.15) is 24.1 Å². The quantitative estimate of drug-likeness (QED) is 0.837. The van der Waals surface area contributed by atoms with E-state index in [9.17, 15) is 17.6 Å². The molecule has 0 aromatic heterocycles. The summed E-state index contributed by atoms with van der Waals surface area (Å²) in [4.78, 5) is 0. The summed E-state index contributed by atoms with van der Waals surface area (Å²) in [5.41, 5.74) is 5.02. The minimum atomic E-state index is -4.59. The van der Waals surface area contributed by atoms with Gasteiger partial charge in [0.2, 0.25) is 0 Å². The SMILES string of the molecule is C[C@H](N)c1cccc(F)c1Oc1ccccc1C(F)(F)F. The zero-order chi connectivity index (χ0) is 15.6. The largest absolute Gasteiger partial charge is 0.453 e. The van der Waals surface area contributed by atoms with Crippen LogP contribution in [0.15, 0.2) is 42.5 Å². The zero-order valence-corrected chi connectivity index (χ0v) is 11.1. The third kappa shape index (κ3) is 3.33. The average Bonchev–Trinajstić information content (AvgIpc) is 2.40. The molecule has 2 aromatic carbocycles. The summed E-state index contributed by atoms with van der Waals surface area (Å²) in [6.45, 7) is 1.59. The van der Waals surface area contributed by atoms with Gasteiger partial charge in [-0.1, -0.05) is 24.3 Å². The molecule has 2 N–H and O–H groups in total. The zero-order valence-electron chi connectivity index (χ0n) is 11.1. The normalized spacial score (nSPS) is 13.0. The highest BCUT2D eigenvalue weighted by molar-refractivity contribution is 5.44. The van der Waals surface area contributed by atoms with Crippen LogP contribution in [0.5, 0.6) is 11.5 Å². The van der Waals surface area contributed by atoms with E-state index >= 15 is 0 Å². The van der Waals surface area contributed by atoms with Gasteiger partial charge >= 0.3 is 6.18 Å². The predicted octanol–water partition coefficient (Wildman–Crippen LogP) is 4.66. The molecule has 2 aromatic rings. The van der Waals surface area contributed by atoms with Gasteiger partial charge in [-0.15, -0.1) is 0 Å². The molecule has 0 aliphatic carbocycles. The van der Waals surface area contributed by atoms with Crippen molar-refractivity contribution in [3.8, 4) is 11.5 Å². The number of nitrogens with two attached hydrogens (primary N) is 1. The van der Waals surface area contributed by atoms with E-state index in [1.54, 1.807) is 6.92 Å². The first-order valence-corrected chi connectivity index (χ1v) is 6.18. The van der Waals surface area contributed by atoms with Crippen molar-refractivity contribution >= 4 is 0 Å². The lowest BCUT2D eigenvalue weighted by Gasteiger charge is -2.17. The maximum atomic E-state index is 13.9. The van der Waals surface area contributed by atoms with Gasteiger partial charge in [0.1, 0.15) is 5.75 Å². The fourth-order valence-electron chi connectivity index (χ4n) is 1.89. The van der Waals surface area contributed by atoms with Crippen LogP contribution in [0.2, 0.25) is 0 Å². The van der Waals surface area contributed by atoms with Crippen molar-refractivity contribution < 1.29 is 22.3 Å². The summed E-state index contributed by atoms with van der Waals surface area (Å²) >= 11 is 0. The molecule has 0 unspecified atom stereocenters. The molecule has 0 radical (unpaired) electrons. The number of halogens is 4. The van der Waals surface area contributed by atoms with Crippen LogP contribution in [-0.2, 0) is 6.18 Å². The molecular weight excluding hydrogens is 286 g/mol. The second-order valence-corrected chi connectivity index (χ2v) is 4.54. The number of benzene rings is 2. The highest BCUT2D eigenvalue weighted by Gasteiger charge is 2.34. The molecule has 1 atom stereocenters. The Hall–Kier alpha value is -2.08. The number of para-hydroxylation sites is 2. The lowest BCUT2D eigenvalue weighted by atomic mass is 10.1. The van der Waals surface area contributed by atoms with Crippen LogP contribution in [0.25, 0.3) is 0 Å². The van der Waals surface area contributed by atoms with Crippen LogP contribution in [0.4, 0.5) is 17.6 Å². The van der Waals surface area contributed by atoms with Gasteiger partial charge in [-0.3, -0.25) is 0 Å². The van der Waals surface area contributed by atoms with Crippen molar-refractivity contribution in [2.75, 3.05) is 0 Å². The van der Waals surface area contributed by atoms with Gasteiger partial charge in [-0.2, -0.15) is 13.2 Å². The van der Waals surface area contributed by atoms with Crippen molar-refractivity contribution in [1.29, 1.82) is 0 Å². The van der Waals surface area contributed by atoms with Gasteiger partial charge in [0, 0.05) is 11.6 Å². The molecule has 0 saturated carbocycles. The second-order valence-electron chi connectivity index (χ2n) is 4.54. The molecule has 112 valence electrons. The van der Waals surface area contributed by atoms with Crippen LogP contribution in [-0.4, -0.2) is 0 Å². The van der Waals surface area contributed by atoms with E-state index in [0.717, 1.165) is 18.2 Å². The third-order valence-electron chi connectivity index (χ3n) is 2.89. The Bertz CT molecular complexity index is 638. The molecule has 0 aliphatic heterocycles. The molecule has 2 nitrogen and oxygen atoms in total. The molecule has 0 heterocycles. The summed E-state index contributed by atoms with van der Waals surface area (Å²) in [7, 11) is 0. The van der Waals surface area contributed by atoms with E-state index < -0.39 is 29.3 Å². The van der Waals surface area contributed by atoms with E-state index in [2.05, 4.69) is 0 Å². The Kier molecular flexibility index (Phi) is 4.18. The summed E-state index contributed by atoms with van der Waals surface area (Å²) in [6, 6.07) is 8.11. The van der Waals surface area contributed by atoms with Gasteiger partial charge in [-0.25, -0.2) is 4.39 Å². The Morgan fingerprint density at radius 1 is 1.05 bits per heavy atom. The van der Waals surface area contributed by atoms with E-state index in [0.29, 0.717) is 5.56 Å². The van der Waals surface area contributed by atoms with E-state index in [1.165, 1.54) is 24.3 Å². The monoisotopic (exact) mass is 299 g/mol. The van der Waals surface area contributed by atoms with Crippen molar-refractivity contribution in [2.45, 2.75) is 19.1 Å². The van der Waals surface area contributed by atoms with Gasteiger partial charge in [-0.05, 0) is 25.1 Å². The summed E-state index contributed by atoms with van der Waals surface area (Å²) in [5.74, 6) is -1.51. The Balaban J connectivity index is 2.49. The summed E-state index contributed by atoms with van der Waals surface area (Å²) in [6.07, 6.45) is -4.59. The lowest BCUT2D eigenvalue weighted by molar-refractivity contribution is -0.138. The van der Waals surface area contributed by atoms with Crippen molar-refractivity contribution in [1.82, 2.24) is 0 Å². The first kappa shape index (κ1) is 15.3. The van der Waals surface area contributed by atoms with Crippen molar-refractivity contribution in [2.24, 2.45) is 5.73 Å². The number of alkyl halides is 3. The smallest absolute Gasteiger partial charge is 0.419 e. The van der Waals surface area contributed by atoms with Crippen LogP contribution >= 0.6 is 0 Å². The minimum absolute atomic E-state index is 0.288. The second kappa shape index (κ2) is 5.73. The molecule has 0 bridgehead atoms. The van der Waals surface area contributed by atoms with Crippen molar-refractivity contribution in [3.05, 3.63) is 59.4 Å². The highest BCUT2D eigenvalue weighted by Crippen LogP contribution is 2.39. The van der Waals surface area contributed by atoms with Crippen molar-refractivity contribution in [3.63, 3.8) is 0 Å². The molecule has 0 saturated heterocycles. The minimum Gasteiger partial charge on any atom is -0.453 e. The topological polar surface area (TPSA) is 35.2 Å². The highest BCUT2D eigenvalue weighted by atomic mass is 19.4. The summed E-state index contributed by atoms with van der Waals surface area (Å²) < 4.78 is 57.8. The lowest BCUT2D eigenvalue weighted by Crippen LogP contribution is -2.10. The standard InChI is InChI=1S/C15H13F4NO/c1-9(20)10-5-4-7-12(16)14(10)21-13-8-3-2-6-11(13)15(17,18)19/h2-9H,20H2,1H3/t9-/m0/s1. The molecular formula is C15H13F4NO. The number of rotatable bonds is 3. The fourth-order valence-corrected chi connectivity index (χ4v) is 1.89. The van der Waals surface area contributed by atoms with E-state index in [1.807, 2.05) is 0 Å². The van der Waals surface area contributed by atoms with Gasteiger partial charge in [0.25, 0.3) is 0 Å². The molecule has 0 amide bonds. The van der Waals surface area contributed by atoms with Crippen LogP contribution < -0.4 is 10.5 Å². The molecule has 0 aliphatic rings. The first-order chi connectivity index (χ1) is 9.80. The molecule has 0 fully saturated rings. The average molecular weight is 299 g/mol. The van der Waals surface area contributed by atoms with Gasteiger partial charge in [0.05, 0.1) is 5.56 Å². The molecule has 21 heavy (non-hydrogen) atoms. The number of hydrogen-bond acceptors (Lipinski definition) is 2. The third-order valence-corrected chi connectivity index (χ3v) is 2.89.